The number of phosphoric ester groups is 1. The molecule has 57 heavy (non-hydrogen) atoms. The molecule has 0 aromatic carbocycles. The normalized spacial score (nSPS) is 13.4. The van der Waals surface area contributed by atoms with Gasteiger partial charge in [-0.15, -0.1) is 0 Å². The van der Waals surface area contributed by atoms with Gasteiger partial charge in [0.25, 0.3) is 0 Å². The topological polar surface area (TPSA) is 117 Å². The summed E-state index contributed by atoms with van der Waals surface area (Å²) in [4.78, 5) is 22.5. The van der Waals surface area contributed by atoms with Crippen molar-refractivity contribution in [3.63, 3.8) is 0 Å². The molecule has 0 aliphatic heterocycles. The average molecular weight is 830 g/mol. The Morgan fingerprint density at radius 3 is 1.32 bits per heavy atom. The molecule has 0 spiro atoms. The van der Waals surface area contributed by atoms with Crippen molar-refractivity contribution in [3.05, 3.63) is 12.2 Å². The van der Waals surface area contributed by atoms with E-state index < -0.39 is 13.9 Å². The van der Waals surface area contributed by atoms with E-state index in [0.29, 0.717) is 13.0 Å². The van der Waals surface area contributed by atoms with Crippen molar-refractivity contribution in [2.75, 3.05) is 33.0 Å². The third kappa shape index (κ3) is 46.2. The summed E-state index contributed by atoms with van der Waals surface area (Å²) < 4.78 is 33.5. The second-order valence-electron chi connectivity index (χ2n) is 16.7. The summed E-state index contributed by atoms with van der Waals surface area (Å²) in [6.45, 7) is 4.94. The number of hydrogen-bond acceptors (Lipinski definition) is 7. The van der Waals surface area contributed by atoms with Gasteiger partial charge in [-0.1, -0.05) is 219 Å². The van der Waals surface area contributed by atoms with Crippen LogP contribution in [0.25, 0.3) is 0 Å². The fourth-order valence-electron chi connectivity index (χ4n) is 7.29. The number of rotatable bonds is 48. The van der Waals surface area contributed by atoms with Gasteiger partial charge >= 0.3 is 13.8 Å². The van der Waals surface area contributed by atoms with Gasteiger partial charge in [0.1, 0.15) is 6.10 Å². The number of unbranched alkanes of at least 4 members (excludes halogenated alkanes) is 33. The molecule has 2 atom stereocenters. The van der Waals surface area contributed by atoms with Crippen molar-refractivity contribution in [1.82, 2.24) is 0 Å². The van der Waals surface area contributed by atoms with Crippen LogP contribution in [0.3, 0.4) is 0 Å². The molecule has 0 rings (SSSR count). The third-order valence-electron chi connectivity index (χ3n) is 10.9. The molecule has 0 aliphatic rings. The maximum atomic E-state index is 12.6. The average Bonchev–Trinajstić information content (AvgIpc) is 3.20. The Morgan fingerprint density at radius 2 is 0.877 bits per heavy atom. The molecule has 9 heteroatoms. The Morgan fingerprint density at radius 1 is 0.509 bits per heavy atom. The molecular weight excluding hydrogens is 734 g/mol. The third-order valence-corrected chi connectivity index (χ3v) is 11.9. The first-order valence-electron chi connectivity index (χ1n) is 24.7. The molecule has 0 aromatic heterocycles. The van der Waals surface area contributed by atoms with E-state index in [9.17, 15) is 14.3 Å². The van der Waals surface area contributed by atoms with Crippen molar-refractivity contribution in [2.45, 2.75) is 258 Å². The van der Waals surface area contributed by atoms with Gasteiger partial charge in [-0.2, -0.15) is 0 Å². The monoisotopic (exact) mass is 830 g/mol. The standard InChI is InChI=1S/C48H96NO7P/c1-3-5-7-9-11-13-15-17-18-19-20-21-22-23-24-25-26-27-28-29-30-32-34-36-38-40-43-53-45-47(46-55-57(51,52)54-44-42-49)56-48(50)41-39-37-35-33-31-16-14-12-10-8-6-4-2/h12,14,47H,3-11,13,15-46,49H2,1-2H3,(H,51,52)/b14-12-. The number of allylic oxidation sites excluding steroid dienone is 2. The van der Waals surface area contributed by atoms with Gasteiger partial charge in [-0.05, 0) is 38.5 Å². The molecule has 0 aromatic rings. The van der Waals surface area contributed by atoms with Gasteiger partial charge in [-0.3, -0.25) is 13.8 Å². The fraction of sp³-hybridized carbons (Fsp3) is 0.938. The molecule has 0 amide bonds. The Balaban J connectivity index is 3.81. The van der Waals surface area contributed by atoms with Crippen molar-refractivity contribution < 1.29 is 32.8 Å². The van der Waals surface area contributed by atoms with Crippen LogP contribution in [0.4, 0.5) is 0 Å². The number of nitrogens with two attached hydrogens (primary N) is 1. The molecule has 0 heterocycles. The quantitative estimate of drug-likeness (QED) is 0.0269. The van der Waals surface area contributed by atoms with Gasteiger partial charge in [0.05, 0.1) is 19.8 Å². The molecule has 3 N–H and O–H groups in total. The zero-order valence-electron chi connectivity index (χ0n) is 37.9. The molecule has 0 fully saturated rings. The molecule has 340 valence electrons. The number of carbonyl (C=O) groups excluding carboxylic acids is 1. The number of esters is 1. The highest BCUT2D eigenvalue weighted by molar-refractivity contribution is 7.47. The molecule has 0 bridgehead atoms. The second-order valence-corrected chi connectivity index (χ2v) is 18.1. The van der Waals surface area contributed by atoms with E-state index in [1.807, 2.05) is 0 Å². The predicted molar refractivity (Wildman–Crippen MR) is 243 cm³/mol. The first-order valence-corrected chi connectivity index (χ1v) is 26.2. The minimum atomic E-state index is -4.27. The lowest BCUT2D eigenvalue weighted by Gasteiger charge is -2.20. The lowest BCUT2D eigenvalue weighted by atomic mass is 10.0. The Hall–Kier alpha value is -0.760. The number of phosphoric acid groups is 1. The van der Waals surface area contributed by atoms with E-state index in [0.717, 1.165) is 44.9 Å². The zero-order valence-corrected chi connectivity index (χ0v) is 38.7. The lowest BCUT2D eigenvalue weighted by Crippen LogP contribution is -2.28. The SMILES string of the molecule is CCCCC/C=C\CCCCCCCC(=O)OC(COCCCCCCCCCCCCCCCCCCCCCCCCCCCC)COP(=O)(O)OCCN. The van der Waals surface area contributed by atoms with Crippen LogP contribution in [0.5, 0.6) is 0 Å². The van der Waals surface area contributed by atoms with Crippen LogP contribution in [-0.2, 0) is 27.9 Å². The molecule has 0 aliphatic carbocycles. The van der Waals surface area contributed by atoms with Gasteiger partial charge in [0.2, 0.25) is 0 Å². The molecule has 0 saturated carbocycles. The van der Waals surface area contributed by atoms with Gasteiger partial charge < -0.3 is 20.1 Å². The molecule has 8 nitrogen and oxygen atoms in total. The minimum Gasteiger partial charge on any atom is -0.457 e. The maximum absolute atomic E-state index is 12.6. The Labute approximate surface area is 354 Å². The van der Waals surface area contributed by atoms with Crippen LogP contribution in [0.2, 0.25) is 0 Å². The highest BCUT2D eigenvalue weighted by atomic mass is 31.2. The first-order chi connectivity index (χ1) is 27.9. The van der Waals surface area contributed by atoms with Crippen LogP contribution in [-0.4, -0.2) is 49.9 Å². The largest absolute Gasteiger partial charge is 0.472 e. The molecule has 0 radical (unpaired) electrons. The summed E-state index contributed by atoms with van der Waals surface area (Å²) in [6, 6.07) is 0. The number of hydrogen-bond donors (Lipinski definition) is 2. The number of carbonyl (C=O) groups is 1. The number of ether oxygens (including phenoxy) is 2. The van der Waals surface area contributed by atoms with E-state index in [2.05, 4.69) is 26.0 Å². The lowest BCUT2D eigenvalue weighted by molar-refractivity contribution is -0.154. The molecule has 2 unspecified atom stereocenters. The van der Waals surface area contributed by atoms with Gasteiger partial charge in [-0.25, -0.2) is 4.57 Å². The summed E-state index contributed by atoms with van der Waals surface area (Å²) in [5, 5.41) is 0. The summed E-state index contributed by atoms with van der Waals surface area (Å²) in [5.41, 5.74) is 5.37. The summed E-state index contributed by atoms with van der Waals surface area (Å²) in [7, 11) is -4.27. The van der Waals surface area contributed by atoms with Crippen LogP contribution < -0.4 is 5.73 Å². The predicted octanol–water partition coefficient (Wildman–Crippen LogP) is 15.0. The Bertz CT molecular complexity index is 889. The minimum absolute atomic E-state index is 0.0937. The first kappa shape index (κ1) is 56.2. The van der Waals surface area contributed by atoms with Crippen LogP contribution in [0.1, 0.15) is 251 Å². The van der Waals surface area contributed by atoms with E-state index in [1.54, 1.807) is 0 Å². The van der Waals surface area contributed by atoms with E-state index >= 15 is 0 Å². The summed E-state index contributed by atoms with van der Waals surface area (Å²) >= 11 is 0. The van der Waals surface area contributed by atoms with Gasteiger partial charge in [0, 0.05) is 19.6 Å². The smallest absolute Gasteiger partial charge is 0.457 e. The van der Waals surface area contributed by atoms with Crippen LogP contribution >= 0.6 is 7.82 Å². The molecule has 0 saturated heterocycles. The van der Waals surface area contributed by atoms with E-state index in [4.69, 9.17) is 24.3 Å². The van der Waals surface area contributed by atoms with Crippen molar-refractivity contribution in [1.29, 1.82) is 0 Å². The molecular formula is C48H96NO7P. The summed E-state index contributed by atoms with van der Waals surface area (Å²) in [6.07, 6.45) is 51.2. The van der Waals surface area contributed by atoms with E-state index in [-0.39, 0.29) is 32.3 Å². The second kappa shape index (κ2) is 46.3. The van der Waals surface area contributed by atoms with E-state index in [1.165, 1.54) is 186 Å². The van der Waals surface area contributed by atoms with Crippen LogP contribution in [0, 0.1) is 0 Å². The van der Waals surface area contributed by atoms with Crippen molar-refractivity contribution >= 4 is 13.8 Å². The van der Waals surface area contributed by atoms with Gasteiger partial charge in [0.15, 0.2) is 0 Å². The summed E-state index contributed by atoms with van der Waals surface area (Å²) in [5.74, 6) is -0.335. The highest BCUT2D eigenvalue weighted by Gasteiger charge is 2.25. The maximum Gasteiger partial charge on any atom is 0.472 e. The fourth-order valence-corrected chi connectivity index (χ4v) is 8.05. The van der Waals surface area contributed by atoms with Crippen molar-refractivity contribution in [2.24, 2.45) is 5.73 Å². The zero-order chi connectivity index (χ0) is 41.6. The van der Waals surface area contributed by atoms with Crippen molar-refractivity contribution in [3.8, 4) is 0 Å². The highest BCUT2D eigenvalue weighted by Crippen LogP contribution is 2.43. The van der Waals surface area contributed by atoms with Crippen LogP contribution in [0.15, 0.2) is 12.2 Å². The Kier molecular flexibility index (Phi) is 45.7.